The molecule has 1 fully saturated rings. The molecule has 1 aliphatic rings. The maximum absolute atomic E-state index is 12.1. The van der Waals surface area contributed by atoms with E-state index in [1.54, 1.807) is 24.3 Å². The van der Waals surface area contributed by atoms with Crippen molar-refractivity contribution in [3.05, 3.63) is 24.3 Å². The van der Waals surface area contributed by atoms with Gasteiger partial charge in [-0.2, -0.15) is 0 Å². The van der Waals surface area contributed by atoms with Gasteiger partial charge in [-0.3, -0.25) is 10.1 Å². The number of sulfonamides is 1. The highest BCUT2D eigenvalue weighted by molar-refractivity contribution is 7.93. The van der Waals surface area contributed by atoms with Gasteiger partial charge in [0, 0.05) is 5.69 Å². The second-order valence-electron chi connectivity index (χ2n) is 4.89. The van der Waals surface area contributed by atoms with Crippen LogP contribution in [0.5, 0.6) is 5.75 Å². The van der Waals surface area contributed by atoms with Crippen molar-refractivity contribution in [1.29, 1.82) is 5.41 Å². The van der Waals surface area contributed by atoms with E-state index in [1.807, 2.05) is 0 Å². The van der Waals surface area contributed by atoms with Crippen LogP contribution in [0, 0.1) is 5.41 Å². The standard InChI is InChI=1S/C13H19N3O3S/c14-13(15)9-19-11-7-5-10(6-8-11)16-20(17,18)12-3-1-2-4-12/h5-8,12,16H,1-4,9H2,(H3,14,15). The van der Waals surface area contributed by atoms with Gasteiger partial charge in [0.2, 0.25) is 10.0 Å². The van der Waals surface area contributed by atoms with Crippen molar-refractivity contribution < 1.29 is 13.2 Å². The maximum Gasteiger partial charge on any atom is 0.235 e. The second-order valence-corrected chi connectivity index (χ2v) is 6.85. The third-order valence-electron chi connectivity index (χ3n) is 3.25. The summed E-state index contributed by atoms with van der Waals surface area (Å²) in [5.41, 5.74) is 5.71. The van der Waals surface area contributed by atoms with Crippen molar-refractivity contribution in [2.24, 2.45) is 5.73 Å². The molecule has 2 rings (SSSR count). The molecule has 0 bridgehead atoms. The molecule has 6 nitrogen and oxygen atoms in total. The first kappa shape index (κ1) is 14.6. The first-order valence-electron chi connectivity index (χ1n) is 6.55. The molecule has 0 unspecified atom stereocenters. The lowest BCUT2D eigenvalue weighted by Crippen LogP contribution is -2.25. The molecule has 0 heterocycles. The van der Waals surface area contributed by atoms with E-state index in [0.717, 1.165) is 25.7 Å². The highest BCUT2D eigenvalue weighted by Gasteiger charge is 2.28. The van der Waals surface area contributed by atoms with Gasteiger partial charge in [0.1, 0.15) is 18.2 Å². The number of nitrogens with one attached hydrogen (secondary N) is 2. The average Bonchev–Trinajstić information content (AvgIpc) is 2.92. The Morgan fingerprint density at radius 1 is 1.30 bits per heavy atom. The Bertz CT molecular complexity index is 563. The normalized spacial score (nSPS) is 16.0. The van der Waals surface area contributed by atoms with Crippen molar-refractivity contribution >= 4 is 21.5 Å². The van der Waals surface area contributed by atoms with E-state index in [4.69, 9.17) is 15.9 Å². The summed E-state index contributed by atoms with van der Waals surface area (Å²) in [6, 6.07) is 6.58. The van der Waals surface area contributed by atoms with Gasteiger partial charge < -0.3 is 10.5 Å². The molecule has 1 aromatic carbocycles. The van der Waals surface area contributed by atoms with Gasteiger partial charge in [0.15, 0.2) is 0 Å². The molecule has 0 saturated heterocycles. The molecular weight excluding hydrogens is 278 g/mol. The van der Waals surface area contributed by atoms with E-state index in [-0.39, 0.29) is 17.7 Å². The Hall–Kier alpha value is -1.76. The zero-order valence-electron chi connectivity index (χ0n) is 11.1. The predicted octanol–water partition coefficient (Wildman–Crippen LogP) is 1.69. The van der Waals surface area contributed by atoms with Crippen LogP contribution in [0.3, 0.4) is 0 Å². The first-order chi connectivity index (χ1) is 9.47. The topological polar surface area (TPSA) is 105 Å². The number of amidine groups is 1. The molecule has 4 N–H and O–H groups in total. The van der Waals surface area contributed by atoms with E-state index in [1.165, 1.54) is 0 Å². The molecule has 0 amide bonds. The molecule has 0 radical (unpaired) electrons. The van der Waals surface area contributed by atoms with E-state index in [9.17, 15) is 8.42 Å². The lowest BCUT2D eigenvalue weighted by atomic mass is 10.3. The number of benzene rings is 1. The lowest BCUT2D eigenvalue weighted by molar-refractivity contribution is 0.374. The molecule has 20 heavy (non-hydrogen) atoms. The highest BCUT2D eigenvalue weighted by atomic mass is 32.2. The Morgan fingerprint density at radius 3 is 2.45 bits per heavy atom. The first-order valence-corrected chi connectivity index (χ1v) is 8.09. The van der Waals surface area contributed by atoms with Crippen LogP contribution in [-0.2, 0) is 10.0 Å². The molecule has 1 aromatic rings. The van der Waals surface area contributed by atoms with Gasteiger partial charge in [0.25, 0.3) is 0 Å². The fraction of sp³-hybridized carbons (Fsp3) is 0.462. The van der Waals surface area contributed by atoms with Crippen molar-refractivity contribution in [3.8, 4) is 5.75 Å². The third-order valence-corrected chi connectivity index (χ3v) is 5.12. The van der Waals surface area contributed by atoms with Gasteiger partial charge in [0.05, 0.1) is 5.25 Å². The van der Waals surface area contributed by atoms with Gasteiger partial charge in [-0.25, -0.2) is 8.42 Å². The Balaban J connectivity index is 1.98. The third kappa shape index (κ3) is 3.86. The van der Waals surface area contributed by atoms with Gasteiger partial charge in [-0.05, 0) is 37.1 Å². The summed E-state index contributed by atoms with van der Waals surface area (Å²) in [7, 11) is -3.30. The predicted molar refractivity (Wildman–Crippen MR) is 78.6 cm³/mol. The lowest BCUT2D eigenvalue weighted by Gasteiger charge is -2.13. The summed E-state index contributed by atoms with van der Waals surface area (Å²) in [4.78, 5) is 0. The zero-order valence-corrected chi connectivity index (χ0v) is 11.9. The van der Waals surface area contributed by atoms with Crippen molar-refractivity contribution in [1.82, 2.24) is 0 Å². The molecule has 1 saturated carbocycles. The summed E-state index contributed by atoms with van der Waals surface area (Å²) in [5, 5.41) is 6.78. The van der Waals surface area contributed by atoms with Gasteiger partial charge in [-0.1, -0.05) is 12.8 Å². The van der Waals surface area contributed by atoms with Crippen LogP contribution in [0.25, 0.3) is 0 Å². The molecule has 0 atom stereocenters. The van der Waals surface area contributed by atoms with Crippen LogP contribution < -0.4 is 15.2 Å². The average molecular weight is 297 g/mol. The van der Waals surface area contributed by atoms with Crippen molar-refractivity contribution in [3.63, 3.8) is 0 Å². The fourth-order valence-electron chi connectivity index (χ4n) is 2.23. The molecule has 0 aromatic heterocycles. The quantitative estimate of drug-likeness (QED) is 0.548. The Morgan fingerprint density at radius 2 is 1.90 bits per heavy atom. The molecule has 7 heteroatoms. The van der Waals surface area contributed by atoms with Crippen LogP contribution in [0.2, 0.25) is 0 Å². The molecular formula is C13H19N3O3S. The molecule has 0 aliphatic heterocycles. The minimum absolute atomic E-state index is 0.0210. The van der Waals surface area contributed by atoms with E-state index < -0.39 is 10.0 Å². The number of nitrogens with two attached hydrogens (primary N) is 1. The SMILES string of the molecule is N=C(N)COc1ccc(NS(=O)(=O)C2CCCC2)cc1. The Kier molecular flexibility index (Phi) is 4.49. The zero-order chi connectivity index (χ0) is 14.6. The molecule has 1 aliphatic carbocycles. The number of rotatable bonds is 6. The second kappa shape index (κ2) is 6.13. The van der Waals surface area contributed by atoms with E-state index in [0.29, 0.717) is 11.4 Å². The van der Waals surface area contributed by atoms with E-state index >= 15 is 0 Å². The molecule has 0 spiro atoms. The fourth-order valence-corrected chi connectivity index (χ4v) is 3.81. The van der Waals surface area contributed by atoms with Crippen molar-refractivity contribution in [2.45, 2.75) is 30.9 Å². The van der Waals surface area contributed by atoms with Crippen LogP contribution in [-0.4, -0.2) is 26.1 Å². The smallest absolute Gasteiger partial charge is 0.235 e. The minimum Gasteiger partial charge on any atom is -0.486 e. The van der Waals surface area contributed by atoms with E-state index in [2.05, 4.69) is 4.72 Å². The monoisotopic (exact) mass is 297 g/mol. The summed E-state index contributed by atoms with van der Waals surface area (Å²) in [6.45, 7) is 0.0210. The number of ether oxygens (including phenoxy) is 1. The maximum atomic E-state index is 12.1. The van der Waals surface area contributed by atoms with Crippen molar-refractivity contribution in [2.75, 3.05) is 11.3 Å². The summed E-state index contributed by atoms with van der Waals surface area (Å²) < 4.78 is 32.1. The summed E-state index contributed by atoms with van der Waals surface area (Å²) in [6.07, 6.45) is 3.41. The molecule has 110 valence electrons. The van der Waals surface area contributed by atoms with Crippen LogP contribution in [0.4, 0.5) is 5.69 Å². The Labute approximate surface area is 118 Å². The summed E-state index contributed by atoms with van der Waals surface area (Å²) >= 11 is 0. The highest BCUT2D eigenvalue weighted by Crippen LogP contribution is 2.26. The van der Waals surface area contributed by atoms with Crippen LogP contribution in [0.15, 0.2) is 24.3 Å². The number of anilines is 1. The van der Waals surface area contributed by atoms with Gasteiger partial charge >= 0.3 is 0 Å². The number of hydrogen-bond acceptors (Lipinski definition) is 4. The number of hydrogen-bond donors (Lipinski definition) is 3. The van der Waals surface area contributed by atoms with Crippen LogP contribution >= 0.6 is 0 Å². The van der Waals surface area contributed by atoms with Gasteiger partial charge in [-0.15, -0.1) is 0 Å². The van der Waals surface area contributed by atoms with Crippen LogP contribution in [0.1, 0.15) is 25.7 Å². The largest absolute Gasteiger partial charge is 0.486 e. The minimum atomic E-state index is -3.30. The summed E-state index contributed by atoms with van der Waals surface area (Å²) in [5.74, 6) is 0.486.